The highest BCUT2D eigenvalue weighted by molar-refractivity contribution is 5.85. The van der Waals surface area contributed by atoms with Gasteiger partial charge < -0.3 is 5.11 Å². The zero-order chi connectivity index (χ0) is 14.7. The highest BCUT2D eigenvalue weighted by Crippen LogP contribution is 2.36. The smallest absolute Gasteiger partial charge is 0.408 e. The Morgan fingerprint density at radius 3 is 2.50 bits per heavy atom. The minimum atomic E-state index is -1.08. The Bertz CT molecular complexity index is 491. The number of benzene rings is 1. The minimum Gasteiger partial charge on any atom is -0.465 e. The van der Waals surface area contributed by atoms with Crippen LogP contribution in [0, 0.1) is 0 Å². The second-order valence-electron chi connectivity index (χ2n) is 4.73. The number of likely N-dealkylation sites (N-methyl/N-ethyl adjacent to an activating group) is 1. The van der Waals surface area contributed by atoms with Crippen molar-refractivity contribution in [3.63, 3.8) is 0 Å². The first kappa shape index (κ1) is 14.3. The van der Waals surface area contributed by atoms with Crippen LogP contribution in [0.15, 0.2) is 30.3 Å². The van der Waals surface area contributed by atoms with Crippen molar-refractivity contribution in [2.45, 2.75) is 24.9 Å². The molecule has 2 atom stereocenters. The van der Waals surface area contributed by atoms with Crippen LogP contribution >= 0.6 is 0 Å². The van der Waals surface area contributed by atoms with E-state index in [2.05, 4.69) is 0 Å². The van der Waals surface area contributed by atoms with Crippen molar-refractivity contribution in [2.75, 3.05) is 14.2 Å². The first-order chi connectivity index (χ1) is 9.56. The van der Waals surface area contributed by atoms with Gasteiger partial charge in [-0.25, -0.2) is 9.86 Å². The second-order valence-corrected chi connectivity index (χ2v) is 4.73. The fourth-order valence-corrected chi connectivity index (χ4v) is 2.62. The number of carbonyl (C=O) groups is 2. The van der Waals surface area contributed by atoms with Gasteiger partial charge in [-0.3, -0.25) is 14.5 Å². The number of carboxylic acid groups (broad SMARTS) is 1. The van der Waals surface area contributed by atoms with Gasteiger partial charge in [0.05, 0.1) is 13.2 Å². The van der Waals surface area contributed by atoms with E-state index in [0.29, 0.717) is 12.8 Å². The average Bonchev–Trinajstić information content (AvgIpc) is 2.91. The standard InChI is InChI=1S/C14H18N2O4/c1-15(20-2)13(17)12-9-8-11(16(12)14(18)19)10-6-4-3-5-7-10/h3-7,11-12H,8-9H2,1-2H3,(H,18,19)/t11-,12+/m0/s1. The quantitative estimate of drug-likeness (QED) is 0.857. The molecule has 0 aromatic heterocycles. The highest BCUT2D eigenvalue weighted by Gasteiger charge is 2.42. The molecule has 0 radical (unpaired) electrons. The summed E-state index contributed by atoms with van der Waals surface area (Å²) in [5.41, 5.74) is 0.908. The maximum absolute atomic E-state index is 12.2. The summed E-state index contributed by atoms with van der Waals surface area (Å²) in [4.78, 5) is 29.8. The van der Waals surface area contributed by atoms with Gasteiger partial charge in [-0.2, -0.15) is 0 Å². The highest BCUT2D eigenvalue weighted by atomic mass is 16.7. The first-order valence-electron chi connectivity index (χ1n) is 6.44. The number of nitrogens with zero attached hydrogens (tertiary/aromatic N) is 2. The monoisotopic (exact) mass is 278 g/mol. The number of hydrogen-bond donors (Lipinski definition) is 1. The van der Waals surface area contributed by atoms with Crippen LogP contribution in [0.4, 0.5) is 4.79 Å². The molecule has 1 aliphatic heterocycles. The predicted molar refractivity (Wildman–Crippen MR) is 71.8 cm³/mol. The molecule has 1 saturated heterocycles. The van der Waals surface area contributed by atoms with Gasteiger partial charge in [0, 0.05) is 7.05 Å². The number of hydrogen-bond acceptors (Lipinski definition) is 3. The molecule has 0 bridgehead atoms. The van der Waals surface area contributed by atoms with Gasteiger partial charge in [0.15, 0.2) is 0 Å². The minimum absolute atomic E-state index is 0.284. The Morgan fingerprint density at radius 2 is 1.95 bits per heavy atom. The largest absolute Gasteiger partial charge is 0.465 e. The van der Waals surface area contributed by atoms with Crippen LogP contribution in [0.1, 0.15) is 24.4 Å². The van der Waals surface area contributed by atoms with Crippen molar-refractivity contribution >= 4 is 12.0 Å². The fourth-order valence-electron chi connectivity index (χ4n) is 2.62. The van der Waals surface area contributed by atoms with Crippen LogP contribution in [0.5, 0.6) is 0 Å². The molecule has 108 valence electrons. The molecule has 1 N–H and O–H groups in total. The fraction of sp³-hybridized carbons (Fsp3) is 0.429. The van der Waals surface area contributed by atoms with Crippen LogP contribution < -0.4 is 0 Å². The van der Waals surface area contributed by atoms with Gasteiger partial charge in [0.25, 0.3) is 5.91 Å². The molecule has 1 aliphatic rings. The zero-order valence-corrected chi connectivity index (χ0v) is 11.5. The van der Waals surface area contributed by atoms with E-state index in [1.165, 1.54) is 19.1 Å². The maximum Gasteiger partial charge on any atom is 0.408 e. The third kappa shape index (κ3) is 2.60. The van der Waals surface area contributed by atoms with Crippen LogP contribution in [0.3, 0.4) is 0 Å². The summed E-state index contributed by atoms with van der Waals surface area (Å²) >= 11 is 0. The summed E-state index contributed by atoms with van der Waals surface area (Å²) in [6.07, 6.45) is 0.0436. The molecule has 1 heterocycles. The number of rotatable bonds is 3. The molecule has 1 fully saturated rings. The van der Waals surface area contributed by atoms with Crippen LogP contribution in [0.25, 0.3) is 0 Å². The molecule has 1 aromatic carbocycles. The molecule has 0 saturated carbocycles. The van der Waals surface area contributed by atoms with E-state index in [1.54, 1.807) is 0 Å². The Hall–Kier alpha value is -2.08. The van der Waals surface area contributed by atoms with Crippen LogP contribution in [-0.4, -0.2) is 47.3 Å². The van der Waals surface area contributed by atoms with Crippen molar-refractivity contribution in [1.29, 1.82) is 0 Å². The normalized spacial score (nSPS) is 21.8. The SMILES string of the molecule is CON(C)C(=O)[C@H]1CC[C@@H](c2ccccc2)N1C(=O)O. The average molecular weight is 278 g/mol. The Labute approximate surface area is 117 Å². The Kier molecular flexibility index (Phi) is 4.24. The van der Waals surface area contributed by atoms with E-state index >= 15 is 0 Å². The lowest BCUT2D eigenvalue weighted by molar-refractivity contribution is -0.173. The van der Waals surface area contributed by atoms with Gasteiger partial charge in [-0.1, -0.05) is 30.3 Å². The lowest BCUT2D eigenvalue weighted by Gasteiger charge is -2.29. The first-order valence-corrected chi connectivity index (χ1v) is 6.44. The number of likely N-dealkylation sites (tertiary alicyclic amines) is 1. The molecule has 1 aromatic rings. The third-order valence-electron chi connectivity index (χ3n) is 3.66. The van der Waals surface area contributed by atoms with Crippen molar-refractivity contribution in [3.8, 4) is 0 Å². The summed E-state index contributed by atoms with van der Waals surface area (Å²) in [6, 6.07) is 8.40. The predicted octanol–water partition coefficient (Wildman–Crippen LogP) is 1.89. The van der Waals surface area contributed by atoms with Crippen molar-refractivity contribution < 1.29 is 19.5 Å². The van der Waals surface area contributed by atoms with Crippen LogP contribution in [-0.2, 0) is 9.63 Å². The summed E-state index contributed by atoms with van der Waals surface area (Å²) in [5.74, 6) is -0.340. The summed E-state index contributed by atoms with van der Waals surface area (Å²) < 4.78 is 0. The molecule has 6 heteroatoms. The number of carbonyl (C=O) groups excluding carboxylic acids is 1. The topological polar surface area (TPSA) is 70.1 Å². The number of hydroxylamine groups is 2. The summed E-state index contributed by atoms with van der Waals surface area (Å²) in [7, 11) is 2.87. The molecule has 2 amide bonds. The molecule has 6 nitrogen and oxygen atoms in total. The lowest BCUT2D eigenvalue weighted by Crippen LogP contribution is -2.46. The molecule has 0 aliphatic carbocycles. The van der Waals surface area contributed by atoms with E-state index in [9.17, 15) is 14.7 Å². The second kappa shape index (κ2) is 5.92. The van der Waals surface area contributed by atoms with E-state index in [-0.39, 0.29) is 11.9 Å². The zero-order valence-electron chi connectivity index (χ0n) is 11.5. The Morgan fingerprint density at radius 1 is 1.30 bits per heavy atom. The van der Waals surface area contributed by atoms with Gasteiger partial charge in [-0.05, 0) is 18.4 Å². The molecule has 0 spiro atoms. The molecule has 2 rings (SSSR count). The van der Waals surface area contributed by atoms with E-state index in [1.807, 2.05) is 30.3 Å². The van der Waals surface area contributed by atoms with Gasteiger partial charge in [0.1, 0.15) is 6.04 Å². The van der Waals surface area contributed by atoms with Gasteiger partial charge in [0.2, 0.25) is 0 Å². The van der Waals surface area contributed by atoms with Gasteiger partial charge in [-0.15, -0.1) is 0 Å². The van der Waals surface area contributed by atoms with E-state index < -0.39 is 12.1 Å². The summed E-state index contributed by atoms with van der Waals surface area (Å²) in [5, 5.41) is 10.5. The van der Waals surface area contributed by atoms with Crippen molar-refractivity contribution in [1.82, 2.24) is 9.96 Å². The molecule has 20 heavy (non-hydrogen) atoms. The Balaban J connectivity index is 2.26. The molecule has 0 unspecified atom stereocenters. The third-order valence-corrected chi connectivity index (χ3v) is 3.66. The van der Waals surface area contributed by atoms with E-state index in [0.717, 1.165) is 10.6 Å². The summed E-state index contributed by atoms with van der Waals surface area (Å²) in [6.45, 7) is 0. The lowest BCUT2D eigenvalue weighted by atomic mass is 10.1. The molecular weight excluding hydrogens is 260 g/mol. The number of amides is 2. The van der Waals surface area contributed by atoms with Crippen LogP contribution in [0.2, 0.25) is 0 Å². The van der Waals surface area contributed by atoms with Crippen molar-refractivity contribution in [2.24, 2.45) is 0 Å². The van der Waals surface area contributed by atoms with Gasteiger partial charge >= 0.3 is 6.09 Å². The molecular formula is C14H18N2O4. The maximum atomic E-state index is 12.2. The van der Waals surface area contributed by atoms with Crippen molar-refractivity contribution in [3.05, 3.63) is 35.9 Å². The van der Waals surface area contributed by atoms with E-state index in [4.69, 9.17) is 4.84 Å².